The highest BCUT2D eigenvalue weighted by molar-refractivity contribution is 7.12. The fourth-order valence-corrected chi connectivity index (χ4v) is 4.94. The monoisotopic (exact) mass is 451 g/mol. The number of piperidine rings is 1. The Hall–Kier alpha value is -2.93. The van der Waals surface area contributed by atoms with Crippen LogP contribution >= 0.6 is 11.3 Å². The molecule has 2 aromatic heterocycles. The molecule has 0 saturated carbocycles. The molecule has 1 amide bonds. The lowest BCUT2D eigenvalue weighted by molar-refractivity contribution is -0.132. The van der Waals surface area contributed by atoms with E-state index in [0.29, 0.717) is 25.2 Å². The van der Waals surface area contributed by atoms with Gasteiger partial charge in [-0.3, -0.25) is 9.59 Å². The second kappa shape index (κ2) is 10.6. The molecule has 32 heavy (non-hydrogen) atoms. The maximum absolute atomic E-state index is 12.6. The van der Waals surface area contributed by atoms with Gasteiger partial charge >= 0.3 is 0 Å². The van der Waals surface area contributed by atoms with Gasteiger partial charge in [-0.05, 0) is 48.4 Å². The Bertz CT molecular complexity index is 1020. The van der Waals surface area contributed by atoms with Crippen LogP contribution in [0.25, 0.3) is 0 Å². The van der Waals surface area contributed by atoms with Crippen molar-refractivity contribution in [2.45, 2.75) is 44.6 Å². The fourth-order valence-electron chi connectivity index (χ4n) is 4.25. The molecule has 1 aromatic carbocycles. The number of nitrogens with zero attached hydrogens (tertiary/aromatic N) is 3. The third-order valence-corrected chi connectivity index (χ3v) is 6.97. The Morgan fingerprint density at radius 1 is 1.12 bits per heavy atom. The maximum atomic E-state index is 12.6. The Kier molecular flexibility index (Phi) is 7.37. The second-order valence-corrected chi connectivity index (χ2v) is 9.12. The lowest BCUT2D eigenvalue weighted by atomic mass is 9.95. The number of thiophene rings is 1. The maximum Gasteiger partial charge on any atom is 0.222 e. The normalized spacial score (nSPS) is 14.5. The Balaban J connectivity index is 1.25. The molecule has 1 fully saturated rings. The van der Waals surface area contributed by atoms with Crippen LogP contribution in [-0.4, -0.2) is 46.3 Å². The van der Waals surface area contributed by atoms with Crippen molar-refractivity contribution in [1.82, 2.24) is 14.5 Å². The number of ketones is 1. The number of likely N-dealkylation sites (tertiary alicyclic amines) is 1. The van der Waals surface area contributed by atoms with Gasteiger partial charge in [0.05, 0.1) is 12.0 Å². The van der Waals surface area contributed by atoms with Crippen molar-refractivity contribution in [3.05, 3.63) is 70.4 Å². The minimum absolute atomic E-state index is 0.134. The van der Waals surface area contributed by atoms with Crippen molar-refractivity contribution in [2.75, 3.05) is 20.2 Å². The molecule has 0 bridgehead atoms. The van der Waals surface area contributed by atoms with Crippen molar-refractivity contribution < 1.29 is 14.3 Å². The molecule has 0 unspecified atom stereocenters. The molecule has 0 radical (unpaired) electrons. The highest BCUT2D eigenvalue weighted by atomic mass is 32.1. The predicted octanol–water partition coefficient (Wildman–Crippen LogP) is 4.76. The molecule has 3 aromatic rings. The van der Waals surface area contributed by atoms with Crippen LogP contribution in [-0.2, 0) is 11.3 Å². The van der Waals surface area contributed by atoms with E-state index in [1.165, 1.54) is 16.9 Å². The smallest absolute Gasteiger partial charge is 0.222 e. The molecular weight excluding hydrogens is 422 g/mol. The molecule has 1 aliphatic rings. The van der Waals surface area contributed by atoms with Crippen LogP contribution in [0.5, 0.6) is 5.75 Å². The van der Waals surface area contributed by atoms with Gasteiger partial charge < -0.3 is 14.2 Å². The standard InChI is InChI=1S/C25H29N3O3S/c1-31-21-9-7-19(8-10-21)18-28-16-13-26-25(28)20-11-14-27(15-12-20)24(30)6-2-4-22(29)23-5-3-17-32-23/h3,5,7-10,13,16-17,20H,2,4,6,11-12,14-15,18H2,1H3. The molecule has 0 aliphatic carbocycles. The third kappa shape index (κ3) is 5.46. The molecule has 0 atom stereocenters. The minimum Gasteiger partial charge on any atom is -0.497 e. The number of ether oxygens (including phenoxy) is 1. The second-order valence-electron chi connectivity index (χ2n) is 8.17. The summed E-state index contributed by atoms with van der Waals surface area (Å²) in [7, 11) is 1.67. The van der Waals surface area contributed by atoms with Crippen LogP contribution in [0.2, 0.25) is 0 Å². The number of Topliss-reactive ketones (excluding diaryl/α,β-unsaturated/α-hetero) is 1. The van der Waals surface area contributed by atoms with E-state index >= 15 is 0 Å². The summed E-state index contributed by atoms with van der Waals surface area (Å²) in [6, 6.07) is 11.8. The van der Waals surface area contributed by atoms with Crippen LogP contribution in [0.4, 0.5) is 0 Å². The van der Waals surface area contributed by atoms with Crippen LogP contribution < -0.4 is 4.74 Å². The Labute approximate surface area is 192 Å². The lowest BCUT2D eigenvalue weighted by Gasteiger charge is -2.32. The van der Waals surface area contributed by atoms with Gasteiger partial charge in [0, 0.05) is 50.8 Å². The van der Waals surface area contributed by atoms with Crippen molar-refractivity contribution in [3.63, 3.8) is 0 Å². The minimum atomic E-state index is 0.134. The zero-order chi connectivity index (χ0) is 22.3. The van der Waals surface area contributed by atoms with Crippen LogP contribution in [0.1, 0.15) is 59.1 Å². The summed E-state index contributed by atoms with van der Waals surface area (Å²) in [6.07, 6.45) is 7.21. The summed E-state index contributed by atoms with van der Waals surface area (Å²) in [5, 5.41) is 1.91. The van der Waals surface area contributed by atoms with Gasteiger partial charge in [-0.2, -0.15) is 0 Å². The van der Waals surface area contributed by atoms with Crippen LogP contribution in [0.15, 0.2) is 54.2 Å². The van der Waals surface area contributed by atoms with E-state index in [-0.39, 0.29) is 11.7 Å². The van der Waals surface area contributed by atoms with Crippen molar-refractivity contribution in [2.24, 2.45) is 0 Å². The first-order valence-corrected chi connectivity index (χ1v) is 12.0. The van der Waals surface area contributed by atoms with Gasteiger partial charge in [-0.15, -0.1) is 11.3 Å². The number of amides is 1. The number of hydrogen-bond donors (Lipinski definition) is 0. The predicted molar refractivity (Wildman–Crippen MR) is 125 cm³/mol. The average Bonchev–Trinajstić information content (AvgIpc) is 3.52. The third-order valence-electron chi connectivity index (χ3n) is 6.06. The quantitative estimate of drug-likeness (QED) is 0.440. The van der Waals surface area contributed by atoms with E-state index in [9.17, 15) is 9.59 Å². The summed E-state index contributed by atoms with van der Waals surface area (Å²) in [5.74, 6) is 2.59. The van der Waals surface area contributed by atoms with Crippen LogP contribution in [0, 0.1) is 0 Å². The first kappa shape index (κ1) is 22.3. The van der Waals surface area contributed by atoms with Crippen LogP contribution in [0.3, 0.4) is 0 Å². The van der Waals surface area contributed by atoms with Gasteiger partial charge in [0.25, 0.3) is 0 Å². The molecular formula is C25H29N3O3S. The number of carbonyl (C=O) groups is 2. The number of aromatic nitrogens is 2. The van der Waals surface area contributed by atoms with E-state index in [0.717, 1.165) is 48.9 Å². The largest absolute Gasteiger partial charge is 0.497 e. The summed E-state index contributed by atoms with van der Waals surface area (Å²) >= 11 is 1.46. The number of methoxy groups -OCH3 is 1. The number of rotatable bonds is 9. The fraction of sp³-hybridized carbons (Fsp3) is 0.400. The number of benzene rings is 1. The SMILES string of the molecule is COc1ccc(Cn2ccnc2C2CCN(C(=O)CCCC(=O)c3cccs3)CC2)cc1. The molecule has 0 spiro atoms. The number of imidazole rings is 1. The van der Waals surface area contributed by atoms with E-state index in [1.54, 1.807) is 7.11 Å². The molecule has 6 nitrogen and oxygen atoms in total. The average molecular weight is 452 g/mol. The van der Waals surface area contributed by atoms with E-state index in [2.05, 4.69) is 21.7 Å². The lowest BCUT2D eigenvalue weighted by Crippen LogP contribution is -2.38. The van der Waals surface area contributed by atoms with Gasteiger partial charge in [0.1, 0.15) is 11.6 Å². The number of carbonyl (C=O) groups excluding carboxylic acids is 2. The summed E-state index contributed by atoms with van der Waals surface area (Å²) in [5.41, 5.74) is 1.20. The summed E-state index contributed by atoms with van der Waals surface area (Å²) in [6.45, 7) is 2.27. The van der Waals surface area contributed by atoms with Crippen molar-refractivity contribution >= 4 is 23.0 Å². The van der Waals surface area contributed by atoms with Crippen molar-refractivity contribution in [3.8, 4) is 5.75 Å². The van der Waals surface area contributed by atoms with Gasteiger partial charge in [0.15, 0.2) is 5.78 Å². The first-order valence-electron chi connectivity index (χ1n) is 11.1. The van der Waals surface area contributed by atoms with E-state index < -0.39 is 0 Å². The Morgan fingerprint density at radius 2 is 1.91 bits per heavy atom. The van der Waals surface area contributed by atoms with E-state index in [1.807, 2.05) is 46.9 Å². The summed E-state index contributed by atoms with van der Waals surface area (Å²) in [4.78, 5) is 32.1. The molecule has 168 valence electrons. The zero-order valence-corrected chi connectivity index (χ0v) is 19.2. The molecule has 1 aliphatic heterocycles. The molecule has 4 rings (SSSR count). The van der Waals surface area contributed by atoms with Gasteiger partial charge in [0.2, 0.25) is 5.91 Å². The van der Waals surface area contributed by atoms with Gasteiger partial charge in [-0.1, -0.05) is 18.2 Å². The first-order chi connectivity index (χ1) is 15.6. The summed E-state index contributed by atoms with van der Waals surface area (Å²) < 4.78 is 7.45. The molecule has 7 heteroatoms. The molecule has 0 N–H and O–H groups in total. The Morgan fingerprint density at radius 3 is 2.59 bits per heavy atom. The molecule has 1 saturated heterocycles. The zero-order valence-electron chi connectivity index (χ0n) is 18.4. The molecule has 3 heterocycles. The van der Waals surface area contributed by atoms with E-state index in [4.69, 9.17) is 4.74 Å². The van der Waals surface area contributed by atoms with Crippen molar-refractivity contribution in [1.29, 1.82) is 0 Å². The van der Waals surface area contributed by atoms with Gasteiger partial charge in [-0.25, -0.2) is 4.98 Å². The highest BCUT2D eigenvalue weighted by Crippen LogP contribution is 2.28. The number of hydrogen-bond acceptors (Lipinski definition) is 5. The highest BCUT2D eigenvalue weighted by Gasteiger charge is 2.26. The topological polar surface area (TPSA) is 64.4 Å².